The molecule has 2 unspecified atom stereocenters. The summed E-state index contributed by atoms with van der Waals surface area (Å²) in [5, 5.41) is 0. The number of fused-ring (bicyclic) bond motifs is 2. The van der Waals surface area contributed by atoms with Crippen LogP contribution in [-0.2, 0) is 28.7 Å². The Kier molecular flexibility index (Phi) is 5.57. The first-order chi connectivity index (χ1) is 17.8. The van der Waals surface area contributed by atoms with Gasteiger partial charge in [-0.1, -0.05) is 32.4 Å². The second kappa shape index (κ2) is 8.14. The number of ether oxygens (including phenoxy) is 2. The Morgan fingerprint density at radius 1 is 1.08 bits per heavy atom. The van der Waals surface area contributed by atoms with Crippen LogP contribution in [0.1, 0.15) is 86.5 Å². The summed E-state index contributed by atoms with van der Waals surface area (Å²) in [6, 6.07) is 0. The summed E-state index contributed by atoms with van der Waals surface area (Å²) in [6.45, 7) is 12.0. The maximum atomic E-state index is 13.2. The Hall–Kier alpha value is -2.24. The normalized spacial score (nSPS) is 50.2. The quantitative estimate of drug-likeness (QED) is 0.364. The molecule has 5 fully saturated rings. The van der Waals surface area contributed by atoms with Gasteiger partial charge in [-0.15, -0.1) is 0 Å². The summed E-state index contributed by atoms with van der Waals surface area (Å²) in [7, 11) is 0. The maximum absolute atomic E-state index is 13.2. The minimum Gasteiger partial charge on any atom is -0.462 e. The molecule has 0 aromatic heterocycles. The van der Waals surface area contributed by atoms with E-state index in [1.807, 2.05) is 19.9 Å². The summed E-state index contributed by atoms with van der Waals surface area (Å²) in [4.78, 5) is 50.8. The minimum atomic E-state index is -0.827. The zero-order valence-electron chi connectivity index (χ0n) is 23.7. The van der Waals surface area contributed by atoms with Gasteiger partial charge in [-0.2, -0.15) is 0 Å². The highest BCUT2D eigenvalue weighted by Crippen LogP contribution is 2.87. The molecule has 38 heavy (non-hydrogen) atoms. The average molecular weight is 523 g/mol. The molecule has 0 bridgehead atoms. The minimum absolute atomic E-state index is 0.0788. The molecule has 1 heterocycles. The molecule has 4 saturated carbocycles. The maximum Gasteiger partial charge on any atom is 0.306 e. The Bertz CT molecular complexity index is 1180. The third kappa shape index (κ3) is 3.18. The average Bonchev–Trinajstić information content (AvgIpc) is 3.24. The Labute approximate surface area is 226 Å². The lowest BCUT2D eigenvalue weighted by Crippen LogP contribution is -2.55. The standard InChI is InChI=1S/C32H42O6/c1-17(2)13-23(35)28-20(14-26(36)38-28)27-24(37-19(4)33)15-30(6)25-8-7-21-18(3)22(34)9-10-31(21)16-32(25,31)12-11-29(27,30)5/h9-10,13,18,20-21,24-25,27-28H,7-8,11-12,14-16H2,1-6H3/t18-,20-,21-,24-,25-,27-,28+,29+,30-,31?,32?/m0/s1. The van der Waals surface area contributed by atoms with E-state index >= 15 is 0 Å². The number of hydrogen-bond acceptors (Lipinski definition) is 6. The molecule has 1 saturated heterocycles. The van der Waals surface area contributed by atoms with E-state index in [0.29, 0.717) is 11.8 Å². The molecule has 0 N–H and O–H groups in total. The van der Waals surface area contributed by atoms with Gasteiger partial charge in [0.2, 0.25) is 0 Å². The van der Waals surface area contributed by atoms with E-state index in [-0.39, 0.29) is 75.4 Å². The molecule has 11 atom stereocenters. The highest BCUT2D eigenvalue weighted by molar-refractivity contribution is 5.97. The number of allylic oxidation sites excluding steroid dienone is 3. The van der Waals surface area contributed by atoms with Crippen molar-refractivity contribution >= 4 is 23.5 Å². The Morgan fingerprint density at radius 2 is 1.82 bits per heavy atom. The number of carbonyl (C=O) groups excluding carboxylic acids is 4. The molecule has 6 nitrogen and oxygen atoms in total. The van der Waals surface area contributed by atoms with Crippen LogP contribution in [0.15, 0.2) is 23.8 Å². The first kappa shape index (κ1) is 26.0. The first-order valence-electron chi connectivity index (χ1n) is 14.6. The predicted molar refractivity (Wildman–Crippen MR) is 141 cm³/mol. The summed E-state index contributed by atoms with van der Waals surface area (Å²) in [5.74, 6) is -0.0551. The van der Waals surface area contributed by atoms with Crippen molar-refractivity contribution in [1.82, 2.24) is 0 Å². The van der Waals surface area contributed by atoms with E-state index in [1.165, 1.54) is 6.92 Å². The smallest absolute Gasteiger partial charge is 0.306 e. The fourth-order valence-corrected chi connectivity index (χ4v) is 11.0. The van der Waals surface area contributed by atoms with Crippen LogP contribution in [0, 0.1) is 51.2 Å². The van der Waals surface area contributed by atoms with Gasteiger partial charge in [-0.25, -0.2) is 0 Å². The van der Waals surface area contributed by atoms with Crippen LogP contribution < -0.4 is 0 Å². The number of ketones is 2. The van der Waals surface area contributed by atoms with Gasteiger partial charge in [0.05, 0.1) is 6.42 Å². The monoisotopic (exact) mass is 522 g/mol. The number of carbonyl (C=O) groups is 4. The van der Waals surface area contributed by atoms with Crippen molar-refractivity contribution in [3.05, 3.63) is 23.8 Å². The largest absolute Gasteiger partial charge is 0.462 e. The van der Waals surface area contributed by atoms with Crippen LogP contribution in [0.3, 0.4) is 0 Å². The predicted octanol–water partition coefficient (Wildman–Crippen LogP) is 5.39. The van der Waals surface area contributed by atoms with Gasteiger partial charge in [0.1, 0.15) is 6.10 Å². The molecular formula is C32H42O6. The second-order valence-corrected chi connectivity index (χ2v) is 14.2. The van der Waals surface area contributed by atoms with E-state index in [4.69, 9.17) is 9.47 Å². The summed E-state index contributed by atoms with van der Waals surface area (Å²) in [6.07, 6.45) is 10.7. The zero-order chi connectivity index (χ0) is 27.4. The fraction of sp³-hybridized carbons (Fsp3) is 0.750. The fourth-order valence-electron chi connectivity index (χ4n) is 11.0. The van der Waals surface area contributed by atoms with Crippen molar-refractivity contribution in [3.8, 4) is 0 Å². The molecule has 1 aliphatic heterocycles. The SMILES string of the molecule is CC(=O)O[C@H]1C[C@@]2(C)[C@@H]3CC[C@H]4[C@H](C)C(=O)C=CC45CC35CC[C@]2(C)[C@H]1[C@@H]1CC(=O)O[C@H]1C(=O)C=C(C)C. The lowest BCUT2D eigenvalue weighted by molar-refractivity contribution is -0.154. The third-order valence-electron chi connectivity index (χ3n) is 12.6. The van der Waals surface area contributed by atoms with Crippen molar-refractivity contribution in [3.63, 3.8) is 0 Å². The highest BCUT2D eigenvalue weighted by Gasteiger charge is 2.82. The number of rotatable bonds is 4. The number of esters is 2. The number of cyclic esters (lactones) is 1. The van der Waals surface area contributed by atoms with Crippen molar-refractivity contribution < 1.29 is 28.7 Å². The van der Waals surface area contributed by atoms with Gasteiger partial charge >= 0.3 is 11.9 Å². The lowest BCUT2D eigenvalue weighted by Gasteiger charge is -2.61. The molecule has 6 rings (SSSR count). The van der Waals surface area contributed by atoms with Gasteiger partial charge in [-0.05, 0) is 98.0 Å². The van der Waals surface area contributed by atoms with Gasteiger partial charge in [0, 0.05) is 24.7 Å². The molecule has 0 aromatic carbocycles. The second-order valence-electron chi connectivity index (χ2n) is 14.2. The van der Waals surface area contributed by atoms with E-state index in [1.54, 1.807) is 6.08 Å². The summed E-state index contributed by atoms with van der Waals surface area (Å²) in [5.41, 5.74) is 0.849. The van der Waals surface area contributed by atoms with Crippen LogP contribution in [0.5, 0.6) is 0 Å². The summed E-state index contributed by atoms with van der Waals surface area (Å²) < 4.78 is 11.7. The van der Waals surface area contributed by atoms with Crippen LogP contribution in [0.2, 0.25) is 0 Å². The van der Waals surface area contributed by atoms with Crippen molar-refractivity contribution in [2.75, 3.05) is 0 Å². The summed E-state index contributed by atoms with van der Waals surface area (Å²) >= 11 is 0. The topological polar surface area (TPSA) is 86.7 Å². The molecule has 206 valence electrons. The molecule has 2 spiro atoms. The van der Waals surface area contributed by atoms with Gasteiger partial charge in [0.15, 0.2) is 17.7 Å². The first-order valence-corrected chi connectivity index (χ1v) is 14.6. The molecule has 0 radical (unpaired) electrons. The Morgan fingerprint density at radius 3 is 2.50 bits per heavy atom. The van der Waals surface area contributed by atoms with Crippen molar-refractivity contribution in [2.45, 2.75) is 98.7 Å². The van der Waals surface area contributed by atoms with Crippen LogP contribution in [0.25, 0.3) is 0 Å². The van der Waals surface area contributed by atoms with Gasteiger partial charge in [-0.3, -0.25) is 19.2 Å². The molecular weight excluding hydrogens is 480 g/mol. The van der Waals surface area contributed by atoms with E-state index < -0.39 is 6.10 Å². The number of hydrogen-bond donors (Lipinski definition) is 0. The van der Waals surface area contributed by atoms with E-state index in [2.05, 4.69) is 26.8 Å². The zero-order valence-corrected chi connectivity index (χ0v) is 23.7. The molecule has 0 amide bonds. The van der Waals surface area contributed by atoms with Crippen LogP contribution >= 0.6 is 0 Å². The van der Waals surface area contributed by atoms with Gasteiger partial charge < -0.3 is 9.47 Å². The van der Waals surface area contributed by atoms with Crippen molar-refractivity contribution in [2.24, 2.45) is 51.2 Å². The van der Waals surface area contributed by atoms with Gasteiger partial charge in [0.25, 0.3) is 0 Å². The van der Waals surface area contributed by atoms with Crippen molar-refractivity contribution in [1.29, 1.82) is 0 Å². The van der Waals surface area contributed by atoms with Crippen LogP contribution in [-0.4, -0.2) is 35.7 Å². The van der Waals surface area contributed by atoms with E-state index in [0.717, 1.165) is 44.1 Å². The molecule has 0 aromatic rings. The lowest BCUT2D eigenvalue weighted by atomic mass is 9.43. The molecule has 5 aliphatic carbocycles. The Balaban J connectivity index is 1.41. The molecule has 6 aliphatic rings. The third-order valence-corrected chi connectivity index (χ3v) is 12.6. The highest BCUT2D eigenvalue weighted by atomic mass is 16.6. The van der Waals surface area contributed by atoms with Crippen LogP contribution in [0.4, 0.5) is 0 Å². The van der Waals surface area contributed by atoms with E-state index in [9.17, 15) is 19.2 Å². The molecule has 6 heteroatoms.